The minimum atomic E-state index is -0.349. The van der Waals surface area contributed by atoms with Crippen LogP contribution < -0.4 is 10.6 Å². The second-order valence-corrected chi connectivity index (χ2v) is 5.99. The molecule has 0 spiro atoms. The normalized spacial score (nSPS) is 14.0. The molecule has 8 nitrogen and oxygen atoms in total. The molecule has 0 radical (unpaired) electrons. The van der Waals surface area contributed by atoms with Crippen molar-refractivity contribution in [1.82, 2.24) is 15.1 Å². The number of piperazine rings is 1. The Balaban J connectivity index is 1.97. The molecule has 1 aromatic carbocycles. The topological polar surface area (TPSA) is 91.0 Å². The number of carbonyl (C=O) groups is 3. The number of rotatable bonds is 4. The zero-order chi connectivity index (χ0) is 19.1. The molecule has 1 saturated heterocycles. The highest BCUT2D eigenvalue weighted by atomic mass is 16.6. The third kappa shape index (κ3) is 4.87. The minimum absolute atomic E-state index is 0.175. The van der Waals surface area contributed by atoms with E-state index >= 15 is 0 Å². The maximum Gasteiger partial charge on any atom is 0.409 e. The molecule has 0 bridgehead atoms. The molecule has 0 atom stereocenters. The predicted octanol–water partition coefficient (Wildman–Crippen LogP) is 2.05. The van der Waals surface area contributed by atoms with Crippen molar-refractivity contribution in [3.63, 3.8) is 0 Å². The lowest BCUT2D eigenvalue weighted by Gasteiger charge is -2.34. The first-order valence-corrected chi connectivity index (χ1v) is 8.82. The zero-order valence-electron chi connectivity index (χ0n) is 15.5. The van der Waals surface area contributed by atoms with Crippen molar-refractivity contribution in [2.45, 2.75) is 20.8 Å². The molecule has 0 saturated carbocycles. The number of hydrogen-bond acceptors (Lipinski definition) is 4. The summed E-state index contributed by atoms with van der Waals surface area (Å²) in [4.78, 5) is 39.4. The lowest BCUT2D eigenvalue weighted by atomic mass is 10.1. The van der Waals surface area contributed by atoms with E-state index in [9.17, 15) is 14.4 Å². The number of aryl methyl sites for hydroxylation is 1. The van der Waals surface area contributed by atoms with Gasteiger partial charge in [0, 0.05) is 44.0 Å². The van der Waals surface area contributed by atoms with Gasteiger partial charge in [-0.05, 0) is 38.5 Å². The molecule has 1 heterocycles. The number of ether oxygens (including phenoxy) is 1. The number of urea groups is 1. The quantitative estimate of drug-likeness (QED) is 0.858. The van der Waals surface area contributed by atoms with Gasteiger partial charge in [0.2, 0.25) is 0 Å². The molecule has 0 aromatic heterocycles. The Kier molecular flexibility index (Phi) is 6.82. The van der Waals surface area contributed by atoms with E-state index in [1.165, 1.54) is 0 Å². The van der Waals surface area contributed by atoms with Gasteiger partial charge in [-0.15, -0.1) is 0 Å². The summed E-state index contributed by atoms with van der Waals surface area (Å²) in [5.74, 6) is -0.175. The summed E-state index contributed by atoms with van der Waals surface area (Å²) in [5, 5.41) is 5.60. The van der Waals surface area contributed by atoms with Crippen molar-refractivity contribution in [3.05, 3.63) is 29.3 Å². The number of nitrogens with one attached hydrogen (secondary N) is 2. The van der Waals surface area contributed by atoms with Crippen LogP contribution in [0.15, 0.2) is 18.2 Å². The van der Waals surface area contributed by atoms with Gasteiger partial charge in [-0.3, -0.25) is 4.79 Å². The van der Waals surface area contributed by atoms with Crippen molar-refractivity contribution >= 4 is 23.7 Å². The summed E-state index contributed by atoms with van der Waals surface area (Å²) < 4.78 is 4.97. The first kappa shape index (κ1) is 19.6. The standard InChI is InChI=1S/C18H26N4O4/c1-4-19-16(23)14-7-6-13(3)15(12-14)20-17(24)21-8-10-22(11-9-21)18(25)26-5-2/h6-7,12H,4-5,8-11H2,1-3H3,(H,19,23)(H,20,24). The van der Waals surface area contributed by atoms with Gasteiger partial charge in [0.15, 0.2) is 0 Å². The molecule has 0 aliphatic carbocycles. The van der Waals surface area contributed by atoms with Crippen molar-refractivity contribution in [3.8, 4) is 0 Å². The Morgan fingerprint density at radius 2 is 1.73 bits per heavy atom. The summed E-state index contributed by atoms with van der Waals surface area (Å²) in [6, 6.07) is 4.96. The third-order valence-electron chi connectivity index (χ3n) is 4.17. The van der Waals surface area contributed by atoms with E-state index in [-0.39, 0.29) is 18.0 Å². The Morgan fingerprint density at radius 3 is 2.35 bits per heavy atom. The van der Waals surface area contributed by atoms with Crippen LogP contribution in [-0.2, 0) is 4.74 Å². The molecule has 1 aromatic rings. The maximum absolute atomic E-state index is 12.5. The molecular weight excluding hydrogens is 336 g/mol. The molecule has 142 valence electrons. The van der Waals surface area contributed by atoms with Crippen LogP contribution in [0.4, 0.5) is 15.3 Å². The van der Waals surface area contributed by atoms with Crippen molar-refractivity contribution in [2.24, 2.45) is 0 Å². The van der Waals surface area contributed by atoms with E-state index in [0.29, 0.717) is 50.6 Å². The first-order valence-electron chi connectivity index (χ1n) is 8.82. The molecule has 8 heteroatoms. The molecular formula is C18H26N4O4. The number of amides is 4. The van der Waals surface area contributed by atoms with Crippen LogP contribution in [0.25, 0.3) is 0 Å². The van der Waals surface area contributed by atoms with Gasteiger partial charge in [-0.1, -0.05) is 6.07 Å². The fourth-order valence-electron chi connectivity index (χ4n) is 2.66. The molecule has 1 fully saturated rings. The Hall–Kier alpha value is -2.77. The molecule has 2 N–H and O–H groups in total. The summed E-state index contributed by atoms with van der Waals surface area (Å²) in [5.41, 5.74) is 1.98. The van der Waals surface area contributed by atoms with Crippen LogP contribution in [0.5, 0.6) is 0 Å². The average molecular weight is 362 g/mol. The summed E-state index contributed by atoms with van der Waals surface area (Å²) in [6.07, 6.45) is -0.349. The number of carbonyl (C=O) groups excluding carboxylic acids is 3. The predicted molar refractivity (Wildman–Crippen MR) is 98.4 cm³/mol. The van der Waals surface area contributed by atoms with E-state index < -0.39 is 0 Å². The highest BCUT2D eigenvalue weighted by Gasteiger charge is 2.25. The number of nitrogens with zero attached hydrogens (tertiary/aromatic N) is 2. The van der Waals surface area contributed by atoms with Crippen LogP contribution in [0.2, 0.25) is 0 Å². The van der Waals surface area contributed by atoms with Crippen LogP contribution in [-0.4, -0.2) is 67.2 Å². The van der Waals surface area contributed by atoms with E-state index in [4.69, 9.17) is 4.74 Å². The molecule has 4 amide bonds. The van der Waals surface area contributed by atoms with Crippen molar-refractivity contribution in [2.75, 3.05) is 44.6 Å². The van der Waals surface area contributed by atoms with Crippen molar-refractivity contribution in [1.29, 1.82) is 0 Å². The highest BCUT2D eigenvalue weighted by molar-refractivity contribution is 5.97. The van der Waals surface area contributed by atoms with E-state index in [1.54, 1.807) is 34.9 Å². The zero-order valence-corrected chi connectivity index (χ0v) is 15.5. The van der Waals surface area contributed by atoms with Gasteiger partial charge in [-0.25, -0.2) is 9.59 Å². The SMILES string of the molecule is CCNC(=O)c1ccc(C)c(NC(=O)N2CCN(C(=O)OCC)CC2)c1. The summed E-state index contributed by atoms with van der Waals surface area (Å²) in [7, 11) is 0. The number of anilines is 1. The summed E-state index contributed by atoms with van der Waals surface area (Å²) in [6.45, 7) is 8.09. The van der Waals surface area contributed by atoms with E-state index in [2.05, 4.69) is 10.6 Å². The van der Waals surface area contributed by atoms with Gasteiger partial charge >= 0.3 is 12.1 Å². The highest BCUT2D eigenvalue weighted by Crippen LogP contribution is 2.18. The molecule has 26 heavy (non-hydrogen) atoms. The van der Waals surface area contributed by atoms with Crippen molar-refractivity contribution < 1.29 is 19.1 Å². The van der Waals surface area contributed by atoms with Gasteiger partial charge in [0.1, 0.15) is 0 Å². The Morgan fingerprint density at radius 1 is 1.08 bits per heavy atom. The first-order chi connectivity index (χ1) is 12.5. The number of hydrogen-bond donors (Lipinski definition) is 2. The van der Waals surface area contributed by atoms with Crippen LogP contribution in [0.3, 0.4) is 0 Å². The Labute approximate surface area is 153 Å². The fraction of sp³-hybridized carbons (Fsp3) is 0.500. The minimum Gasteiger partial charge on any atom is -0.450 e. The lowest BCUT2D eigenvalue weighted by Crippen LogP contribution is -2.51. The fourth-order valence-corrected chi connectivity index (χ4v) is 2.66. The van der Waals surface area contributed by atoms with Gasteiger partial charge in [0.25, 0.3) is 5.91 Å². The Bertz CT molecular complexity index is 669. The number of benzene rings is 1. The van der Waals surface area contributed by atoms with Gasteiger partial charge in [0.05, 0.1) is 6.61 Å². The van der Waals surface area contributed by atoms with Gasteiger partial charge in [-0.2, -0.15) is 0 Å². The monoisotopic (exact) mass is 362 g/mol. The maximum atomic E-state index is 12.5. The lowest BCUT2D eigenvalue weighted by molar-refractivity contribution is 0.0868. The molecule has 1 aliphatic heterocycles. The second kappa shape index (κ2) is 9.07. The summed E-state index contributed by atoms with van der Waals surface area (Å²) >= 11 is 0. The second-order valence-electron chi connectivity index (χ2n) is 5.99. The van der Waals surface area contributed by atoms with Gasteiger partial charge < -0.3 is 25.2 Å². The molecule has 2 rings (SSSR count). The smallest absolute Gasteiger partial charge is 0.409 e. The van der Waals surface area contributed by atoms with E-state index in [0.717, 1.165) is 5.56 Å². The van der Waals surface area contributed by atoms with Crippen LogP contribution in [0, 0.1) is 6.92 Å². The largest absolute Gasteiger partial charge is 0.450 e. The van der Waals surface area contributed by atoms with Crippen LogP contribution >= 0.6 is 0 Å². The molecule has 0 unspecified atom stereocenters. The molecule has 1 aliphatic rings. The van der Waals surface area contributed by atoms with Crippen LogP contribution in [0.1, 0.15) is 29.8 Å². The van der Waals surface area contributed by atoms with E-state index in [1.807, 2.05) is 13.8 Å². The third-order valence-corrected chi connectivity index (χ3v) is 4.17. The average Bonchev–Trinajstić information content (AvgIpc) is 2.64.